The van der Waals surface area contributed by atoms with Crippen LogP contribution in [0.2, 0.25) is 0 Å². The van der Waals surface area contributed by atoms with Gasteiger partial charge in [0.15, 0.2) is 6.46 Å². The maximum absolute atomic E-state index is 5.67. The molecule has 0 aromatic heterocycles. The third kappa shape index (κ3) is 3.66. The van der Waals surface area contributed by atoms with E-state index in [1.807, 2.05) is 23.5 Å². The van der Waals surface area contributed by atoms with Crippen LogP contribution in [-0.2, 0) is 12.6 Å². The molecule has 0 spiro atoms. The molecule has 0 aliphatic rings. The zero-order valence-electron chi connectivity index (χ0n) is 14.7. The first kappa shape index (κ1) is 18.3. The summed E-state index contributed by atoms with van der Waals surface area (Å²) in [6, 6.07) is 40.9. The number of rotatable bonds is 5. The van der Waals surface area contributed by atoms with Crippen molar-refractivity contribution in [1.29, 1.82) is 0 Å². The van der Waals surface area contributed by atoms with Crippen molar-refractivity contribution in [1.82, 2.24) is 0 Å². The molecule has 0 bridgehead atoms. The molecule has 0 unspecified atom stereocenters. The van der Waals surface area contributed by atoms with Gasteiger partial charge in [-0.1, -0.05) is 72.8 Å². The van der Waals surface area contributed by atoms with Gasteiger partial charge in [0.25, 0.3) is 0 Å². The summed E-state index contributed by atoms with van der Waals surface area (Å²) in [4.78, 5) is 2.08. The molecule has 0 atom stereocenters. The maximum atomic E-state index is 5.67. The lowest BCUT2D eigenvalue weighted by Gasteiger charge is -2.27. The Morgan fingerprint density at radius 1 is 0.481 bits per heavy atom. The van der Waals surface area contributed by atoms with Gasteiger partial charge in [-0.05, 0) is 42.5 Å². The second-order valence-electron chi connectivity index (χ2n) is 6.15. The highest BCUT2D eigenvalue weighted by Crippen LogP contribution is 2.69. The summed E-state index contributed by atoms with van der Waals surface area (Å²) in [7, 11) is 0. The van der Waals surface area contributed by atoms with Gasteiger partial charge >= 0.3 is 0 Å². The van der Waals surface area contributed by atoms with Crippen molar-refractivity contribution < 1.29 is 0 Å². The van der Waals surface area contributed by atoms with E-state index >= 15 is 0 Å². The van der Waals surface area contributed by atoms with Gasteiger partial charge in [0.1, 0.15) is 15.9 Å². The molecule has 4 rings (SSSR count). The fourth-order valence-corrected chi connectivity index (χ4v) is 10.6. The van der Waals surface area contributed by atoms with Crippen molar-refractivity contribution in [3.05, 3.63) is 115 Å². The van der Waals surface area contributed by atoms with E-state index in [-0.39, 0.29) is 0 Å². The van der Waals surface area contributed by atoms with Crippen LogP contribution in [0.15, 0.2) is 125 Å². The molecule has 3 heteroatoms. The quantitative estimate of drug-likeness (QED) is 0.315. The van der Waals surface area contributed by atoms with Crippen molar-refractivity contribution in [2.75, 3.05) is 0 Å². The van der Waals surface area contributed by atoms with Crippen LogP contribution < -0.4 is 15.9 Å². The van der Waals surface area contributed by atoms with Crippen molar-refractivity contribution in [2.45, 2.75) is 9.79 Å². The standard InChI is InChI=1S/C24H19PS2/c26-23-18-10-11-19-24(23)27-25(20-12-4-1-5-13-20,21-14-6-2-7-15-21)22-16-8-3-9-17-22/h1-19H. The van der Waals surface area contributed by atoms with Crippen LogP contribution in [0.1, 0.15) is 0 Å². The first-order valence-corrected chi connectivity index (χ1v) is 12.4. The lowest BCUT2D eigenvalue weighted by atomic mass is 10.4. The topological polar surface area (TPSA) is 0 Å². The van der Waals surface area contributed by atoms with E-state index < -0.39 is 6.46 Å². The maximum Gasteiger partial charge on any atom is 0.176 e. The first-order valence-electron chi connectivity index (χ1n) is 8.82. The number of hydrogen-bond donors (Lipinski definition) is 0. The molecule has 4 aromatic carbocycles. The van der Waals surface area contributed by atoms with Gasteiger partial charge in [-0.25, -0.2) is 0 Å². The highest BCUT2D eigenvalue weighted by Gasteiger charge is 2.47. The average molecular weight is 403 g/mol. The zero-order valence-corrected chi connectivity index (χ0v) is 17.3. The van der Waals surface area contributed by atoms with Crippen LogP contribution in [0.3, 0.4) is 0 Å². The van der Waals surface area contributed by atoms with Crippen LogP contribution in [0.25, 0.3) is 0 Å². The molecule has 0 saturated carbocycles. The predicted octanol–water partition coefficient (Wildman–Crippen LogP) is 5.59. The van der Waals surface area contributed by atoms with E-state index in [9.17, 15) is 0 Å². The molecule has 132 valence electrons. The molecule has 0 heterocycles. The number of hydrogen-bond acceptors (Lipinski definition) is 2. The van der Waals surface area contributed by atoms with Crippen LogP contribution in [0.4, 0.5) is 0 Å². The third-order valence-corrected chi connectivity index (χ3v) is 12.1. The second kappa shape index (κ2) is 8.27. The van der Waals surface area contributed by atoms with E-state index in [1.54, 1.807) is 0 Å². The molecule has 4 aromatic rings. The summed E-state index contributed by atoms with van der Waals surface area (Å²) in [6.45, 7) is -1.95. The fraction of sp³-hybridized carbons (Fsp3) is 0. The second-order valence-corrected chi connectivity index (χ2v) is 12.2. The van der Waals surface area contributed by atoms with Gasteiger partial charge in [-0.3, -0.25) is 0 Å². The van der Waals surface area contributed by atoms with Crippen molar-refractivity contribution >= 4 is 46.4 Å². The van der Waals surface area contributed by atoms with Crippen LogP contribution in [0.5, 0.6) is 0 Å². The third-order valence-electron chi connectivity index (χ3n) is 4.44. The van der Waals surface area contributed by atoms with E-state index in [4.69, 9.17) is 12.6 Å². The van der Waals surface area contributed by atoms with Crippen molar-refractivity contribution in [3.63, 3.8) is 0 Å². The monoisotopic (exact) mass is 402 g/mol. The summed E-state index contributed by atoms with van der Waals surface area (Å²) in [5, 5.41) is 4.06. The SMILES string of the molecule is [S-]c1ccccc1S[P+](c1ccccc1)(c1ccccc1)c1ccccc1. The molecule has 0 fully saturated rings. The van der Waals surface area contributed by atoms with Crippen LogP contribution in [0, 0.1) is 0 Å². The lowest BCUT2D eigenvalue weighted by Crippen LogP contribution is -2.28. The molecule has 0 nitrogen and oxygen atoms in total. The largest absolute Gasteiger partial charge is 0.779 e. The van der Waals surface area contributed by atoms with E-state index in [0.717, 1.165) is 9.79 Å². The Bertz CT molecular complexity index is 905. The molecule has 0 aliphatic heterocycles. The van der Waals surface area contributed by atoms with Crippen LogP contribution in [-0.4, -0.2) is 0 Å². The van der Waals surface area contributed by atoms with Gasteiger partial charge in [-0.15, -0.1) is 0 Å². The van der Waals surface area contributed by atoms with Gasteiger partial charge in [0, 0.05) is 4.90 Å². The molecule has 0 radical (unpaired) electrons. The molecule has 0 aliphatic carbocycles. The summed E-state index contributed by atoms with van der Waals surface area (Å²) >= 11 is 7.60. The van der Waals surface area contributed by atoms with Crippen LogP contribution >= 0.6 is 17.8 Å². The summed E-state index contributed by atoms with van der Waals surface area (Å²) < 4.78 is 0. The number of benzene rings is 4. The smallest absolute Gasteiger partial charge is 0.176 e. The van der Waals surface area contributed by atoms with Gasteiger partial charge < -0.3 is 12.6 Å². The summed E-state index contributed by atoms with van der Waals surface area (Å²) in [5.74, 6) is 0. The van der Waals surface area contributed by atoms with E-state index in [1.165, 1.54) is 15.9 Å². The summed E-state index contributed by atoms with van der Waals surface area (Å²) in [6.07, 6.45) is 0. The molecule has 0 saturated heterocycles. The first-order chi connectivity index (χ1) is 13.3. The predicted molar refractivity (Wildman–Crippen MR) is 123 cm³/mol. The Morgan fingerprint density at radius 2 is 0.852 bits per heavy atom. The summed E-state index contributed by atoms with van der Waals surface area (Å²) in [5.41, 5.74) is 0. The van der Waals surface area contributed by atoms with E-state index in [2.05, 4.69) is 103 Å². The van der Waals surface area contributed by atoms with Crippen molar-refractivity contribution in [3.8, 4) is 0 Å². The lowest BCUT2D eigenvalue weighted by molar-refractivity contribution is 1.27. The molecular weight excluding hydrogens is 383 g/mol. The zero-order chi connectivity index (χ0) is 18.5. The highest BCUT2D eigenvalue weighted by atomic mass is 32.7. The molecule has 0 amide bonds. The molecular formula is C24H19PS2. The fourth-order valence-electron chi connectivity index (χ4n) is 3.19. The minimum Gasteiger partial charge on any atom is -0.779 e. The van der Waals surface area contributed by atoms with Gasteiger partial charge in [0.05, 0.1) is 11.4 Å². The average Bonchev–Trinajstić information content (AvgIpc) is 2.75. The van der Waals surface area contributed by atoms with Gasteiger partial charge in [-0.2, -0.15) is 4.90 Å². The minimum atomic E-state index is -1.95. The van der Waals surface area contributed by atoms with Gasteiger partial charge in [0.2, 0.25) is 0 Å². The molecule has 27 heavy (non-hydrogen) atoms. The van der Waals surface area contributed by atoms with E-state index in [0.29, 0.717) is 0 Å². The Morgan fingerprint density at radius 3 is 1.26 bits per heavy atom. The highest BCUT2D eigenvalue weighted by molar-refractivity contribution is 8.69. The Labute approximate surface area is 171 Å². The van der Waals surface area contributed by atoms with Crippen molar-refractivity contribution in [2.24, 2.45) is 0 Å². The Hall–Kier alpha value is -2.12. The Balaban J connectivity index is 2.02. The minimum absolute atomic E-state index is 0.912. The normalized spacial score (nSPS) is 11.3. The Kier molecular flexibility index (Phi) is 5.59. The molecule has 0 N–H and O–H groups in total.